The van der Waals surface area contributed by atoms with E-state index in [4.69, 9.17) is 16.3 Å². The Bertz CT molecular complexity index is 942. The molecule has 0 fully saturated rings. The maximum Gasteiger partial charge on any atom is 0.341 e. The minimum Gasteiger partial charge on any atom is -0.462 e. The van der Waals surface area contributed by atoms with Crippen LogP contribution in [0, 0.1) is 6.92 Å². The molecule has 0 aliphatic rings. The average molecular weight is 452 g/mol. The number of amides is 2. The van der Waals surface area contributed by atoms with Crippen LogP contribution in [0.1, 0.15) is 51.0 Å². The smallest absolute Gasteiger partial charge is 0.341 e. The molecule has 0 saturated carbocycles. The van der Waals surface area contributed by atoms with Crippen molar-refractivity contribution in [2.75, 3.05) is 32.6 Å². The number of hydrogen-bond donors (Lipinski definition) is 2. The van der Waals surface area contributed by atoms with E-state index in [0.717, 1.165) is 16.9 Å². The molecule has 0 unspecified atom stereocenters. The number of rotatable bonds is 8. The predicted molar refractivity (Wildman–Crippen MR) is 120 cm³/mol. The first-order valence-corrected chi connectivity index (χ1v) is 10.7. The molecule has 0 saturated heterocycles. The molecule has 0 bridgehead atoms. The van der Waals surface area contributed by atoms with Crippen molar-refractivity contribution in [1.29, 1.82) is 0 Å². The lowest BCUT2D eigenvalue weighted by Crippen LogP contribution is -2.30. The van der Waals surface area contributed by atoms with Crippen LogP contribution in [-0.4, -0.2) is 49.9 Å². The molecule has 1 aromatic heterocycles. The van der Waals surface area contributed by atoms with Gasteiger partial charge in [-0.2, -0.15) is 0 Å². The second-order valence-corrected chi connectivity index (χ2v) is 8.28. The van der Waals surface area contributed by atoms with Gasteiger partial charge in [-0.1, -0.05) is 29.8 Å². The molecular weight excluding hydrogens is 426 g/mol. The number of carbonyl (C=O) groups is 3. The van der Waals surface area contributed by atoms with Crippen molar-refractivity contribution in [3.63, 3.8) is 0 Å². The lowest BCUT2D eigenvalue weighted by atomic mass is 10.1. The molecular formula is C21H26ClN3O4S. The predicted octanol–water partition coefficient (Wildman–Crippen LogP) is 3.88. The van der Waals surface area contributed by atoms with E-state index in [-0.39, 0.29) is 36.6 Å². The number of nitrogens with one attached hydrogen (secondary N) is 2. The third kappa shape index (κ3) is 5.59. The Morgan fingerprint density at radius 3 is 2.50 bits per heavy atom. The topological polar surface area (TPSA) is 87.7 Å². The summed E-state index contributed by atoms with van der Waals surface area (Å²) in [7, 11) is 3.26. The fraction of sp³-hybridized carbons (Fsp3) is 0.381. The molecule has 1 atom stereocenters. The highest BCUT2D eigenvalue weighted by molar-refractivity contribution is 7.18. The number of esters is 1. The Hall–Kier alpha value is -2.42. The molecule has 2 amide bonds. The minimum absolute atomic E-state index is 0.00254. The van der Waals surface area contributed by atoms with Crippen molar-refractivity contribution in [3.8, 4) is 0 Å². The molecule has 2 aromatic rings. The van der Waals surface area contributed by atoms with Crippen molar-refractivity contribution in [2.24, 2.45) is 0 Å². The fourth-order valence-corrected chi connectivity index (χ4v) is 4.34. The summed E-state index contributed by atoms with van der Waals surface area (Å²) < 4.78 is 5.12. The zero-order valence-corrected chi connectivity index (χ0v) is 19.2. The third-order valence-electron chi connectivity index (χ3n) is 4.42. The second kappa shape index (κ2) is 10.6. The third-order valence-corrected chi connectivity index (χ3v) is 5.96. The standard InChI is InChI=1S/C21H26ClN3O4S/c1-6-29-21(28)17-12(2)18(20(27)25(4)5)30-19(17)24-16(26)11-23-13(3)14-9-7-8-10-15(14)22/h7-10,13,23H,6,11H2,1-5H3,(H,24,26)/t13-/m0/s1. The van der Waals surface area contributed by atoms with Gasteiger partial charge in [-0.3, -0.25) is 9.59 Å². The maximum atomic E-state index is 12.5. The van der Waals surface area contributed by atoms with Gasteiger partial charge in [0.2, 0.25) is 5.91 Å². The van der Waals surface area contributed by atoms with E-state index in [1.807, 2.05) is 25.1 Å². The number of hydrogen-bond acceptors (Lipinski definition) is 6. The molecule has 0 spiro atoms. The van der Waals surface area contributed by atoms with Crippen LogP contribution in [0.15, 0.2) is 24.3 Å². The monoisotopic (exact) mass is 451 g/mol. The lowest BCUT2D eigenvalue weighted by molar-refractivity contribution is -0.115. The van der Waals surface area contributed by atoms with Crippen LogP contribution >= 0.6 is 22.9 Å². The number of ether oxygens (including phenoxy) is 1. The summed E-state index contributed by atoms with van der Waals surface area (Å²) in [6.07, 6.45) is 0. The number of carbonyl (C=O) groups excluding carboxylic acids is 3. The number of nitrogens with zero attached hydrogens (tertiary/aromatic N) is 1. The minimum atomic E-state index is -0.572. The number of thiophene rings is 1. The molecule has 1 aromatic carbocycles. The molecule has 1 heterocycles. The molecule has 7 nitrogen and oxygen atoms in total. The Labute approximate surface area is 185 Å². The van der Waals surface area contributed by atoms with Crippen molar-refractivity contribution in [2.45, 2.75) is 26.8 Å². The van der Waals surface area contributed by atoms with Gasteiger partial charge < -0.3 is 20.3 Å². The van der Waals surface area contributed by atoms with Crippen LogP contribution in [-0.2, 0) is 9.53 Å². The van der Waals surface area contributed by atoms with Crippen LogP contribution in [0.3, 0.4) is 0 Å². The summed E-state index contributed by atoms with van der Waals surface area (Å²) in [6.45, 7) is 5.47. The molecule has 9 heteroatoms. The molecule has 0 aliphatic heterocycles. The number of halogens is 1. The second-order valence-electron chi connectivity index (χ2n) is 6.85. The maximum absolute atomic E-state index is 12.5. The Kier molecular flexibility index (Phi) is 8.40. The molecule has 2 rings (SSSR count). The highest BCUT2D eigenvalue weighted by Crippen LogP contribution is 2.34. The van der Waals surface area contributed by atoms with Gasteiger partial charge in [0.05, 0.1) is 23.6 Å². The van der Waals surface area contributed by atoms with Gasteiger partial charge in [-0.25, -0.2) is 4.79 Å². The van der Waals surface area contributed by atoms with Gasteiger partial charge in [-0.05, 0) is 38.0 Å². The quantitative estimate of drug-likeness (QED) is 0.595. The normalized spacial score (nSPS) is 11.7. The Balaban J connectivity index is 2.18. The van der Waals surface area contributed by atoms with Crippen LogP contribution in [0.2, 0.25) is 5.02 Å². The van der Waals surface area contributed by atoms with Crippen LogP contribution in [0.5, 0.6) is 0 Å². The lowest BCUT2D eigenvalue weighted by Gasteiger charge is -2.15. The first-order chi connectivity index (χ1) is 14.2. The molecule has 2 N–H and O–H groups in total. The van der Waals surface area contributed by atoms with Crippen LogP contribution in [0.4, 0.5) is 5.00 Å². The number of benzene rings is 1. The van der Waals surface area contributed by atoms with Crippen molar-refractivity contribution < 1.29 is 19.1 Å². The van der Waals surface area contributed by atoms with E-state index < -0.39 is 5.97 Å². The van der Waals surface area contributed by atoms with Crippen molar-refractivity contribution in [1.82, 2.24) is 10.2 Å². The largest absolute Gasteiger partial charge is 0.462 e. The molecule has 0 radical (unpaired) electrons. The Morgan fingerprint density at radius 2 is 1.90 bits per heavy atom. The van der Waals surface area contributed by atoms with E-state index in [9.17, 15) is 14.4 Å². The van der Waals surface area contributed by atoms with E-state index in [1.54, 1.807) is 34.0 Å². The van der Waals surface area contributed by atoms with Gasteiger partial charge in [0, 0.05) is 25.2 Å². The van der Waals surface area contributed by atoms with Gasteiger partial charge in [0.1, 0.15) is 5.00 Å². The van der Waals surface area contributed by atoms with E-state index in [2.05, 4.69) is 10.6 Å². The first kappa shape index (κ1) is 23.9. The first-order valence-electron chi connectivity index (χ1n) is 9.47. The molecule has 30 heavy (non-hydrogen) atoms. The van der Waals surface area contributed by atoms with Gasteiger partial charge in [0.15, 0.2) is 0 Å². The van der Waals surface area contributed by atoms with Crippen LogP contribution in [0.25, 0.3) is 0 Å². The fourth-order valence-electron chi connectivity index (χ4n) is 2.81. The van der Waals surface area contributed by atoms with E-state index in [1.165, 1.54) is 4.90 Å². The summed E-state index contributed by atoms with van der Waals surface area (Å²) in [5, 5.41) is 6.77. The van der Waals surface area contributed by atoms with Gasteiger partial charge in [-0.15, -0.1) is 11.3 Å². The summed E-state index contributed by atoms with van der Waals surface area (Å²) in [4.78, 5) is 39.2. The Morgan fingerprint density at radius 1 is 1.23 bits per heavy atom. The summed E-state index contributed by atoms with van der Waals surface area (Å²) in [5.74, 6) is -1.16. The summed E-state index contributed by atoms with van der Waals surface area (Å²) in [6, 6.07) is 7.25. The zero-order chi connectivity index (χ0) is 22.4. The average Bonchev–Trinajstić information content (AvgIpc) is 3.01. The highest BCUT2D eigenvalue weighted by atomic mass is 35.5. The molecule has 0 aliphatic carbocycles. The number of anilines is 1. The SMILES string of the molecule is CCOC(=O)c1c(NC(=O)CN[C@@H](C)c2ccccc2Cl)sc(C(=O)N(C)C)c1C. The van der Waals surface area contributed by atoms with E-state index >= 15 is 0 Å². The van der Waals surface area contributed by atoms with Gasteiger partial charge in [0.25, 0.3) is 5.91 Å². The van der Waals surface area contributed by atoms with Crippen molar-refractivity contribution in [3.05, 3.63) is 50.9 Å². The van der Waals surface area contributed by atoms with Crippen LogP contribution < -0.4 is 10.6 Å². The summed E-state index contributed by atoms with van der Waals surface area (Å²) in [5.41, 5.74) is 1.58. The van der Waals surface area contributed by atoms with Gasteiger partial charge >= 0.3 is 5.97 Å². The summed E-state index contributed by atoms with van der Waals surface area (Å²) >= 11 is 7.26. The van der Waals surface area contributed by atoms with E-state index in [0.29, 0.717) is 20.5 Å². The zero-order valence-electron chi connectivity index (χ0n) is 17.7. The highest BCUT2D eigenvalue weighted by Gasteiger charge is 2.27. The van der Waals surface area contributed by atoms with Crippen molar-refractivity contribution >= 4 is 45.7 Å². The molecule has 162 valence electrons.